The van der Waals surface area contributed by atoms with Gasteiger partial charge in [-0.3, -0.25) is 4.99 Å². The molecule has 0 aliphatic carbocycles. The fourth-order valence-corrected chi connectivity index (χ4v) is 2.99. The summed E-state index contributed by atoms with van der Waals surface area (Å²) in [7, 11) is 0. The molecular formula is C20H24ClFIN5. The van der Waals surface area contributed by atoms with E-state index in [1.54, 1.807) is 12.3 Å². The minimum absolute atomic E-state index is 0. The van der Waals surface area contributed by atoms with Gasteiger partial charge in [-0.05, 0) is 55.2 Å². The molecule has 28 heavy (non-hydrogen) atoms. The number of aromatic amines is 1. The Labute approximate surface area is 186 Å². The van der Waals surface area contributed by atoms with E-state index < -0.39 is 0 Å². The van der Waals surface area contributed by atoms with Crippen LogP contribution in [0.5, 0.6) is 0 Å². The Hall–Kier alpha value is -1.87. The fourth-order valence-electron chi connectivity index (χ4n) is 2.87. The van der Waals surface area contributed by atoms with Crippen molar-refractivity contribution in [2.24, 2.45) is 4.99 Å². The lowest BCUT2D eigenvalue weighted by atomic mass is 10.1. The lowest BCUT2D eigenvalue weighted by Gasteiger charge is -2.11. The van der Waals surface area contributed by atoms with Crippen LogP contribution in [0.3, 0.4) is 0 Å². The summed E-state index contributed by atoms with van der Waals surface area (Å²) < 4.78 is 13.3. The molecule has 2 aromatic heterocycles. The number of rotatable bonds is 7. The van der Waals surface area contributed by atoms with Gasteiger partial charge in [0.25, 0.3) is 0 Å². The van der Waals surface area contributed by atoms with E-state index in [0.717, 1.165) is 53.9 Å². The number of fused-ring (bicyclic) bond motifs is 1. The van der Waals surface area contributed by atoms with Gasteiger partial charge in [0.2, 0.25) is 0 Å². The standard InChI is InChI=1S/C20H23ClFN5.HI/c1-2-23-20(24-9-7-14-3-6-19(21)27-12-14)25-10-8-15-13-26-18-11-16(22)4-5-17(15)18;/h3-6,11-13,26H,2,7-10H2,1H3,(H2,23,24,25);1H. The highest BCUT2D eigenvalue weighted by atomic mass is 127. The van der Waals surface area contributed by atoms with E-state index in [1.807, 2.05) is 25.3 Å². The number of pyridine rings is 1. The van der Waals surface area contributed by atoms with Crippen LogP contribution >= 0.6 is 35.6 Å². The predicted octanol–water partition coefficient (Wildman–Crippen LogP) is 4.31. The molecule has 3 aromatic rings. The van der Waals surface area contributed by atoms with Crippen molar-refractivity contribution in [2.75, 3.05) is 19.6 Å². The van der Waals surface area contributed by atoms with Crippen molar-refractivity contribution in [2.45, 2.75) is 19.8 Å². The van der Waals surface area contributed by atoms with E-state index in [-0.39, 0.29) is 29.8 Å². The van der Waals surface area contributed by atoms with Gasteiger partial charge in [-0.15, -0.1) is 24.0 Å². The third-order valence-electron chi connectivity index (χ3n) is 4.22. The first-order valence-corrected chi connectivity index (χ1v) is 9.41. The maximum atomic E-state index is 13.3. The van der Waals surface area contributed by atoms with Gasteiger partial charge in [0.1, 0.15) is 11.0 Å². The van der Waals surface area contributed by atoms with Gasteiger partial charge >= 0.3 is 0 Å². The molecule has 0 aliphatic heterocycles. The number of benzene rings is 1. The third kappa shape index (κ3) is 6.34. The van der Waals surface area contributed by atoms with Crippen LogP contribution in [0.1, 0.15) is 18.1 Å². The largest absolute Gasteiger partial charge is 0.361 e. The molecule has 3 N–H and O–H groups in total. The molecule has 0 saturated heterocycles. The van der Waals surface area contributed by atoms with Gasteiger partial charge in [0.15, 0.2) is 5.96 Å². The first kappa shape index (κ1) is 22.4. The first-order valence-electron chi connectivity index (χ1n) is 9.04. The smallest absolute Gasteiger partial charge is 0.191 e. The number of aliphatic imine (C=N–C) groups is 1. The maximum absolute atomic E-state index is 13.3. The number of hydrogen-bond acceptors (Lipinski definition) is 2. The second kappa shape index (κ2) is 11.2. The lowest BCUT2D eigenvalue weighted by Crippen LogP contribution is -2.38. The van der Waals surface area contributed by atoms with Crippen LogP contribution < -0.4 is 10.6 Å². The van der Waals surface area contributed by atoms with Crippen LogP contribution in [0, 0.1) is 5.82 Å². The van der Waals surface area contributed by atoms with Crippen molar-refractivity contribution in [3.8, 4) is 0 Å². The van der Waals surface area contributed by atoms with Crippen LogP contribution in [0.4, 0.5) is 4.39 Å². The zero-order valence-corrected chi connectivity index (χ0v) is 18.7. The van der Waals surface area contributed by atoms with Gasteiger partial charge < -0.3 is 15.6 Å². The summed E-state index contributed by atoms with van der Waals surface area (Å²) in [5.74, 6) is 0.550. The number of H-pyrrole nitrogens is 1. The second-order valence-electron chi connectivity index (χ2n) is 6.18. The third-order valence-corrected chi connectivity index (χ3v) is 4.44. The van der Waals surface area contributed by atoms with Crippen LogP contribution in [-0.4, -0.2) is 35.6 Å². The summed E-state index contributed by atoms with van der Waals surface area (Å²) in [6.07, 6.45) is 5.33. The van der Waals surface area contributed by atoms with Crippen LogP contribution in [0.2, 0.25) is 5.15 Å². The highest BCUT2D eigenvalue weighted by molar-refractivity contribution is 14.0. The predicted molar refractivity (Wildman–Crippen MR) is 124 cm³/mol. The van der Waals surface area contributed by atoms with Crippen molar-refractivity contribution >= 4 is 52.4 Å². The minimum Gasteiger partial charge on any atom is -0.361 e. The van der Waals surface area contributed by atoms with E-state index >= 15 is 0 Å². The Morgan fingerprint density at radius 2 is 2.07 bits per heavy atom. The highest BCUT2D eigenvalue weighted by Gasteiger charge is 2.05. The minimum atomic E-state index is -0.233. The normalized spacial score (nSPS) is 11.3. The van der Waals surface area contributed by atoms with Gasteiger partial charge in [-0.25, -0.2) is 9.37 Å². The summed E-state index contributed by atoms with van der Waals surface area (Å²) >= 11 is 5.80. The molecule has 5 nitrogen and oxygen atoms in total. The fraction of sp³-hybridized carbons (Fsp3) is 0.300. The Bertz CT molecular complexity index is 911. The molecule has 8 heteroatoms. The molecule has 1 aromatic carbocycles. The van der Waals surface area contributed by atoms with E-state index in [9.17, 15) is 4.39 Å². The van der Waals surface area contributed by atoms with Crippen LogP contribution in [0.15, 0.2) is 47.7 Å². The van der Waals surface area contributed by atoms with Crippen molar-refractivity contribution in [1.82, 2.24) is 20.6 Å². The van der Waals surface area contributed by atoms with Crippen molar-refractivity contribution < 1.29 is 4.39 Å². The Morgan fingerprint density at radius 3 is 2.82 bits per heavy atom. The number of nitrogens with zero attached hydrogens (tertiary/aromatic N) is 2. The Morgan fingerprint density at radius 1 is 1.21 bits per heavy atom. The van der Waals surface area contributed by atoms with Crippen LogP contribution in [0.25, 0.3) is 10.9 Å². The molecule has 0 radical (unpaired) electrons. The average molecular weight is 516 g/mol. The molecule has 2 heterocycles. The molecule has 0 amide bonds. The molecule has 0 saturated carbocycles. The summed E-state index contributed by atoms with van der Waals surface area (Å²) in [6.45, 7) is 4.22. The average Bonchev–Trinajstić information content (AvgIpc) is 3.05. The molecule has 0 atom stereocenters. The monoisotopic (exact) mass is 515 g/mol. The van der Waals surface area contributed by atoms with Gasteiger partial charge in [0, 0.05) is 42.9 Å². The summed E-state index contributed by atoms with van der Waals surface area (Å²) in [5, 5.41) is 8.12. The molecule has 0 fully saturated rings. The molecule has 150 valence electrons. The zero-order chi connectivity index (χ0) is 19.1. The zero-order valence-electron chi connectivity index (χ0n) is 15.6. The molecule has 3 rings (SSSR count). The van der Waals surface area contributed by atoms with Crippen molar-refractivity contribution in [3.63, 3.8) is 0 Å². The summed E-state index contributed by atoms with van der Waals surface area (Å²) in [4.78, 5) is 11.8. The summed E-state index contributed by atoms with van der Waals surface area (Å²) in [5.41, 5.74) is 3.07. The topological polar surface area (TPSA) is 65.1 Å². The van der Waals surface area contributed by atoms with Crippen LogP contribution in [-0.2, 0) is 12.8 Å². The SMILES string of the molecule is CCNC(=NCCc1c[nH]c2cc(F)ccc12)NCCc1ccc(Cl)nc1.I. The molecular weight excluding hydrogens is 492 g/mol. The molecule has 0 bridgehead atoms. The molecule has 0 spiro atoms. The number of guanidine groups is 1. The number of halogens is 3. The van der Waals surface area contributed by atoms with E-state index in [1.165, 1.54) is 12.1 Å². The second-order valence-corrected chi connectivity index (χ2v) is 6.57. The number of nitrogens with one attached hydrogen (secondary N) is 3. The van der Waals surface area contributed by atoms with E-state index in [0.29, 0.717) is 11.7 Å². The van der Waals surface area contributed by atoms with Crippen molar-refractivity contribution in [1.29, 1.82) is 0 Å². The lowest BCUT2D eigenvalue weighted by molar-refractivity contribution is 0.629. The summed E-state index contributed by atoms with van der Waals surface area (Å²) in [6, 6.07) is 8.58. The Kier molecular flexibility index (Phi) is 8.98. The number of aromatic nitrogens is 2. The van der Waals surface area contributed by atoms with E-state index in [2.05, 4.69) is 25.6 Å². The molecule has 0 unspecified atom stereocenters. The van der Waals surface area contributed by atoms with Gasteiger partial charge in [-0.1, -0.05) is 17.7 Å². The van der Waals surface area contributed by atoms with E-state index in [4.69, 9.17) is 11.6 Å². The number of hydrogen-bond donors (Lipinski definition) is 3. The van der Waals surface area contributed by atoms with Crippen molar-refractivity contribution in [3.05, 3.63) is 64.8 Å². The van der Waals surface area contributed by atoms with Gasteiger partial charge in [0.05, 0.1) is 0 Å². The van der Waals surface area contributed by atoms with Gasteiger partial charge in [-0.2, -0.15) is 0 Å². The quantitative estimate of drug-likeness (QED) is 0.190. The Balaban J connectivity index is 0.00000280. The molecule has 0 aliphatic rings. The maximum Gasteiger partial charge on any atom is 0.191 e. The highest BCUT2D eigenvalue weighted by Crippen LogP contribution is 2.19. The first-order chi connectivity index (χ1) is 13.2.